The molecule has 0 heterocycles. The lowest BCUT2D eigenvalue weighted by Gasteiger charge is -2.17. The fourth-order valence-corrected chi connectivity index (χ4v) is 1.71. The van der Waals surface area contributed by atoms with Gasteiger partial charge in [0.1, 0.15) is 5.75 Å². The zero-order valence-electron chi connectivity index (χ0n) is 12.7. The molecule has 1 aromatic carbocycles. The van der Waals surface area contributed by atoms with E-state index in [9.17, 15) is 23.1 Å². The molecule has 1 aromatic rings. The summed E-state index contributed by atoms with van der Waals surface area (Å²) in [6.45, 7) is 5.43. The van der Waals surface area contributed by atoms with Gasteiger partial charge in [-0.3, -0.25) is 4.79 Å². The number of ether oxygens (including phenoxy) is 1. The van der Waals surface area contributed by atoms with Crippen LogP contribution in [0.1, 0.15) is 32.8 Å². The summed E-state index contributed by atoms with van der Waals surface area (Å²) in [5.74, 6) is -0.539. The van der Waals surface area contributed by atoms with Gasteiger partial charge in [0.2, 0.25) is 5.91 Å². The smallest absolute Gasteiger partial charge is 0.416 e. The van der Waals surface area contributed by atoms with E-state index in [1.54, 1.807) is 20.8 Å². The molecule has 0 bridgehead atoms. The van der Waals surface area contributed by atoms with Crippen molar-refractivity contribution in [1.82, 2.24) is 0 Å². The summed E-state index contributed by atoms with van der Waals surface area (Å²) in [5.41, 5.74) is -0.937. The van der Waals surface area contributed by atoms with Gasteiger partial charge in [0, 0.05) is 0 Å². The SMILES string of the molecule is CCOc1ccc(C(F)(F)F)cc1NC(=O)CC(O)C(C)C. The standard InChI is InChI=1S/C15H20F3NO3/c1-4-22-13-6-5-10(15(16,17)18)7-11(13)19-14(21)8-12(20)9(2)3/h5-7,9,12,20H,4,8H2,1-3H3,(H,19,21). The molecule has 4 nitrogen and oxygen atoms in total. The Balaban J connectivity index is 2.97. The summed E-state index contributed by atoms with van der Waals surface area (Å²) in [5, 5.41) is 12.0. The summed E-state index contributed by atoms with van der Waals surface area (Å²) >= 11 is 0. The highest BCUT2D eigenvalue weighted by Gasteiger charge is 2.31. The van der Waals surface area contributed by atoms with Crippen molar-refractivity contribution in [3.05, 3.63) is 23.8 Å². The molecule has 2 N–H and O–H groups in total. The van der Waals surface area contributed by atoms with Crippen LogP contribution in [-0.4, -0.2) is 23.7 Å². The fraction of sp³-hybridized carbons (Fsp3) is 0.533. The topological polar surface area (TPSA) is 58.6 Å². The van der Waals surface area contributed by atoms with Crippen molar-refractivity contribution in [3.63, 3.8) is 0 Å². The van der Waals surface area contributed by atoms with E-state index in [4.69, 9.17) is 4.74 Å². The number of aliphatic hydroxyl groups excluding tert-OH is 1. The first-order valence-corrected chi connectivity index (χ1v) is 6.97. The Bertz CT molecular complexity index is 515. The van der Waals surface area contributed by atoms with E-state index in [1.165, 1.54) is 6.07 Å². The lowest BCUT2D eigenvalue weighted by Crippen LogP contribution is -2.24. The zero-order valence-corrected chi connectivity index (χ0v) is 12.7. The van der Waals surface area contributed by atoms with Gasteiger partial charge >= 0.3 is 6.18 Å². The summed E-state index contributed by atoms with van der Waals surface area (Å²) < 4.78 is 43.4. The molecule has 0 saturated heterocycles. The van der Waals surface area contributed by atoms with E-state index >= 15 is 0 Å². The molecular weight excluding hydrogens is 299 g/mol. The molecule has 7 heteroatoms. The molecule has 1 atom stereocenters. The number of anilines is 1. The molecule has 0 aromatic heterocycles. The fourth-order valence-electron chi connectivity index (χ4n) is 1.71. The number of hydrogen-bond acceptors (Lipinski definition) is 3. The highest BCUT2D eigenvalue weighted by molar-refractivity contribution is 5.92. The first-order chi connectivity index (χ1) is 10.1. The van der Waals surface area contributed by atoms with Gasteiger partial charge in [0.05, 0.1) is 30.4 Å². The molecule has 124 valence electrons. The summed E-state index contributed by atoms with van der Waals surface area (Å²) in [6, 6.07) is 2.88. The Morgan fingerprint density at radius 2 is 2.00 bits per heavy atom. The van der Waals surface area contributed by atoms with Crippen molar-refractivity contribution in [2.45, 2.75) is 39.5 Å². The number of halogens is 3. The van der Waals surface area contributed by atoms with Crippen molar-refractivity contribution in [3.8, 4) is 5.75 Å². The van der Waals surface area contributed by atoms with Gasteiger partial charge < -0.3 is 15.2 Å². The number of carbonyl (C=O) groups is 1. The normalized spacial score (nSPS) is 13.1. The zero-order chi connectivity index (χ0) is 16.9. The monoisotopic (exact) mass is 319 g/mol. The van der Waals surface area contributed by atoms with Crippen molar-refractivity contribution in [2.24, 2.45) is 5.92 Å². The molecule has 0 aliphatic heterocycles. The van der Waals surface area contributed by atoms with Gasteiger partial charge in [-0.2, -0.15) is 13.2 Å². The lowest BCUT2D eigenvalue weighted by molar-refractivity contribution is -0.137. The van der Waals surface area contributed by atoms with Gasteiger partial charge in [-0.05, 0) is 31.0 Å². The Morgan fingerprint density at radius 1 is 1.36 bits per heavy atom. The molecule has 0 aliphatic rings. The van der Waals surface area contributed by atoms with Crippen LogP contribution in [-0.2, 0) is 11.0 Å². The molecule has 1 rings (SSSR count). The number of benzene rings is 1. The molecule has 0 saturated carbocycles. The second-order valence-electron chi connectivity index (χ2n) is 5.21. The van der Waals surface area contributed by atoms with E-state index in [2.05, 4.69) is 5.32 Å². The lowest BCUT2D eigenvalue weighted by atomic mass is 10.0. The van der Waals surface area contributed by atoms with Crippen LogP contribution in [0.4, 0.5) is 18.9 Å². The van der Waals surface area contributed by atoms with Crippen LogP contribution in [0.3, 0.4) is 0 Å². The van der Waals surface area contributed by atoms with Gasteiger partial charge in [-0.15, -0.1) is 0 Å². The Labute approximate surface area is 127 Å². The van der Waals surface area contributed by atoms with E-state index < -0.39 is 23.8 Å². The third kappa shape index (κ3) is 5.22. The second-order valence-corrected chi connectivity index (χ2v) is 5.21. The molecule has 22 heavy (non-hydrogen) atoms. The third-order valence-electron chi connectivity index (χ3n) is 3.04. The van der Waals surface area contributed by atoms with E-state index in [0.717, 1.165) is 12.1 Å². The van der Waals surface area contributed by atoms with Crippen LogP contribution in [0, 0.1) is 5.92 Å². The minimum atomic E-state index is -4.51. The van der Waals surface area contributed by atoms with Crippen molar-refractivity contribution in [1.29, 1.82) is 0 Å². The number of alkyl halides is 3. The van der Waals surface area contributed by atoms with E-state index in [1.807, 2.05) is 0 Å². The van der Waals surface area contributed by atoms with Crippen LogP contribution in [0.5, 0.6) is 5.75 Å². The third-order valence-corrected chi connectivity index (χ3v) is 3.04. The highest BCUT2D eigenvalue weighted by atomic mass is 19.4. The predicted octanol–water partition coefficient (Wildman–Crippen LogP) is 3.45. The maximum atomic E-state index is 12.7. The molecule has 0 radical (unpaired) electrons. The molecule has 0 spiro atoms. The van der Waals surface area contributed by atoms with Gasteiger partial charge in [-0.1, -0.05) is 13.8 Å². The molecule has 0 fully saturated rings. The minimum Gasteiger partial charge on any atom is -0.492 e. The van der Waals surface area contributed by atoms with Crippen molar-refractivity contribution >= 4 is 11.6 Å². The van der Waals surface area contributed by atoms with Crippen molar-refractivity contribution < 1.29 is 27.8 Å². The van der Waals surface area contributed by atoms with Crippen LogP contribution in [0.25, 0.3) is 0 Å². The Kier molecular flexibility index (Phi) is 6.22. The molecule has 1 unspecified atom stereocenters. The number of hydrogen-bond donors (Lipinski definition) is 2. The summed E-state index contributed by atoms with van der Waals surface area (Å²) in [6.07, 6.45) is -5.57. The Morgan fingerprint density at radius 3 is 2.50 bits per heavy atom. The number of carbonyl (C=O) groups excluding carboxylic acids is 1. The van der Waals surface area contributed by atoms with Gasteiger partial charge in [0.25, 0.3) is 0 Å². The van der Waals surface area contributed by atoms with Crippen LogP contribution in [0.15, 0.2) is 18.2 Å². The Hall–Kier alpha value is -1.76. The molecular formula is C15H20F3NO3. The van der Waals surface area contributed by atoms with Crippen LogP contribution in [0.2, 0.25) is 0 Å². The minimum absolute atomic E-state index is 0.0577. The highest BCUT2D eigenvalue weighted by Crippen LogP contribution is 2.35. The van der Waals surface area contributed by atoms with Crippen LogP contribution >= 0.6 is 0 Å². The maximum Gasteiger partial charge on any atom is 0.416 e. The summed E-state index contributed by atoms with van der Waals surface area (Å²) in [4.78, 5) is 11.8. The number of rotatable bonds is 6. The molecule has 1 amide bonds. The summed E-state index contributed by atoms with van der Waals surface area (Å²) in [7, 11) is 0. The maximum absolute atomic E-state index is 12.7. The number of nitrogens with one attached hydrogen (secondary N) is 1. The van der Waals surface area contributed by atoms with Gasteiger partial charge in [-0.25, -0.2) is 0 Å². The molecule has 0 aliphatic carbocycles. The van der Waals surface area contributed by atoms with E-state index in [0.29, 0.717) is 0 Å². The largest absolute Gasteiger partial charge is 0.492 e. The van der Waals surface area contributed by atoms with E-state index in [-0.39, 0.29) is 30.4 Å². The number of amides is 1. The average Bonchev–Trinajstić information content (AvgIpc) is 2.39. The average molecular weight is 319 g/mol. The predicted molar refractivity (Wildman–Crippen MR) is 76.7 cm³/mol. The van der Waals surface area contributed by atoms with Gasteiger partial charge in [0.15, 0.2) is 0 Å². The van der Waals surface area contributed by atoms with Crippen LogP contribution < -0.4 is 10.1 Å². The first-order valence-electron chi connectivity index (χ1n) is 6.97. The number of aliphatic hydroxyl groups is 1. The first kappa shape index (κ1) is 18.3. The van der Waals surface area contributed by atoms with Crippen molar-refractivity contribution in [2.75, 3.05) is 11.9 Å². The second kappa shape index (κ2) is 7.49. The quantitative estimate of drug-likeness (QED) is 0.844.